The largest absolute Gasteiger partial charge is 0.381 e. The smallest absolute Gasteiger partial charge is 0.240 e. The summed E-state index contributed by atoms with van der Waals surface area (Å²) in [6.07, 6.45) is 2.28. The predicted molar refractivity (Wildman–Crippen MR) is 61.9 cm³/mol. The highest BCUT2D eigenvalue weighted by molar-refractivity contribution is 5.83. The fourth-order valence-electron chi connectivity index (χ4n) is 2.61. The average Bonchev–Trinajstić information content (AvgIpc) is 2.46. The summed E-state index contributed by atoms with van der Waals surface area (Å²) in [5.74, 6) is 0.236. The van der Waals surface area contributed by atoms with E-state index >= 15 is 0 Å². The summed E-state index contributed by atoms with van der Waals surface area (Å²) in [5.41, 5.74) is 0.230. The van der Waals surface area contributed by atoms with Gasteiger partial charge in [0.15, 0.2) is 0 Å². The fourth-order valence-corrected chi connectivity index (χ4v) is 2.61. The number of amides is 1. The van der Waals surface area contributed by atoms with Gasteiger partial charge >= 0.3 is 0 Å². The van der Waals surface area contributed by atoms with Crippen LogP contribution in [0.3, 0.4) is 0 Å². The Labute approximate surface area is 97.3 Å². The zero-order valence-corrected chi connectivity index (χ0v) is 10.5. The van der Waals surface area contributed by atoms with E-state index in [9.17, 15) is 4.79 Å². The van der Waals surface area contributed by atoms with Gasteiger partial charge in [-0.3, -0.25) is 10.1 Å². The van der Waals surface area contributed by atoms with Gasteiger partial charge in [0, 0.05) is 19.8 Å². The van der Waals surface area contributed by atoms with Gasteiger partial charge in [-0.05, 0) is 32.1 Å². The number of hydrogen-bond donors (Lipinski definition) is 1. The minimum Gasteiger partial charge on any atom is -0.381 e. The minimum absolute atomic E-state index is 0.0292. The quantitative estimate of drug-likeness (QED) is 0.763. The molecular weight excluding hydrogens is 204 g/mol. The SMILES string of the molecule is CC1NC(C)N(CC2(C)CCOCC2)C1=O. The number of rotatable bonds is 2. The summed E-state index contributed by atoms with van der Waals surface area (Å²) in [6.45, 7) is 8.77. The van der Waals surface area contributed by atoms with Gasteiger partial charge in [-0.25, -0.2) is 0 Å². The van der Waals surface area contributed by atoms with Crippen LogP contribution in [0.4, 0.5) is 0 Å². The monoisotopic (exact) mass is 226 g/mol. The van der Waals surface area contributed by atoms with Crippen LogP contribution >= 0.6 is 0 Å². The highest BCUT2D eigenvalue weighted by atomic mass is 16.5. The molecule has 1 N–H and O–H groups in total. The lowest BCUT2D eigenvalue weighted by molar-refractivity contribution is -0.132. The molecule has 4 nitrogen and oxygen atoms in total. The normalized spacial score (nSPS) is 34.4. The third kappa shape index (κ3) is 2.23. The Balaban J connectivity index is 2.00. The second-order valence-electron chi connectivity index (χ2n) is 5.45. The molecule has 0 aromatic carbocycles. The maximum Gasteiger partial charge on any atom is 0.240 e. The molecular formula is C12H22N2O2. The van der Waals surface area contributed by atoms with Gasteiger partial charge in [0.25, 0.3) is 0 Å². The third-order valence-corrected chi connectivity index (χ3v) is 3.86. The van der Waals surface area contributed by atoms with Crippen LogP contribution in [-0.2, 0) is 9.53 Å². The number of nitrogens with zero attached hydrogens (tertiary/aromatic N) is 1. The van der Waals surface area contributed by atoms with Crippen molar-refractivity contribution in [2.45, 2.75) is 45.8 Å². The standard InChI is InChI=1S/C12H22N2O2/c1-9-11(15)14(10(2)13-9)8-12(3)4-6-16-7-5-12/h9-10,13H,4-8H2,1-3H3. The average molecular weight is 226 g/mol. The van der Waals surface area contributed by atoms with Gasteiger partial charge in [-0.15, -0.1) is 0 Å². The van der Waals surface area contributed by atoms with Crippen molar-refractivity contribution in [2.75, 3.05) is 19.8 Å². The fraction of sp³-hybridized carbons (Fsp3) is 0.917. The van der Waals surface area contributed by atoms with Gasteiger partial charge < -0.3 is 9.64 Å². The van der Waals surface area contributed by atoms with Crippen molar-refractivity contribution in [3.8, 4) is 0 Å². The summed E-state index contributed by atoms with van der Waals surface area (Å²) in [5, 5.41) is 3.27. The molecule has 1 amide bonds. The van der Waals surface area contributed by atoms with Crippen molar-refractivity contribution in [3.05, 3.63) is 0 Å². The maximum absolute atomic E-state index is 12.0. The van der Waals surface area contributed by atoms with E-state index in [4.69, 9.17) is 4.74 Å². The molecule has 0 saturated carbocycles. The number of nitrogens with one attached hydrogen (secondary N) is 1. The summed E-state index contributed by atoms with van der Waals surface area (Å²) in [4.78, 5) is 13.9. The molecule has 2 unspecified atom stereocenters. The maximum atomic E-state index is 12.0. The van der Waals surface area contributed by atoms with Crippen molar-refractivity contribution in [2.24, 2.45) is 5.41 Å². The molecule has 0 radical (unpaired) electrons. The molecule has 0 aromatic heterocycles. The molecule has 2 saturated heterocycles. The van der Waals surface area contributed by atoms with Crippen LogP contribution in [0, 0.1) is 5.41 Å². The molecule has 2 aliphatic heterocycles. The molecule has 2 aliphatic rings. The second-order valence-corrected chi connectivity index (χ2v) is 5.45. The van der Waals surface area contributed by atoms with Crippen molar-refractivity contribution in [1.82, 2.24) is 10.2 Å². The predicted octanol–water partition coefficient (Wildman–Crippen LogP) is 0.969. The van der Waals surface area contributed by atoms with E-state index in [2.05, 4.69) is 19.2 Å². The summed E-state index contributed by atoms with van der Waals surface area (Å²) >= 11 is 0. The molecule has 0 spiro atoms. The topological polar surface area (TPSA) is 41.6 Å². The number of hydrogen-bond acceptors (Lipinski definition) is 3. The molecule has 4 heteroatoms. The van der Waals surface area contributed by atoms with Crippen molar-refractivity contribution >= 4 is 5.91 Å². The summed E-state index contributed by atoms with van der Waals surface area (Å²) in [7, 11) is 0. The first-order valence-electron chi connectivity index (χ1n) is 6.16. The van der Waals surface area contributed by atoms with Crippen molar-refractivity contribution in [3.63, 3.8) is 0 Å². The van der Waals surface area contributed by atoms with Crippen LogP contribution in [0.2, 0.25) is 0 Å². The molecule has 2 atom stereocenters. The van der Waals surface area contributed by atoms with Crippen molar-refractivity contribution < 1.29 is 9.53 Å². The highest BCUT2D eigenvalue weighted by Crippen LogP contribution is 2.32. The van der Waals surface area contributed by atoms with Crippen LogP contribution in [0.5, 0.6) is 0 Å². The van der Waals surface area contributed by atoms with Crippen LogP contribution < -0.4 is 5.32 Å². The molecule has 16 heavy (non-hydrogen) atoms. The summed E-state index contributed by atoms with van der Waals surface area (Å²) < 4.78 is 5.39. The zero-order chi connectivity index (χ0) is 11.8. The first-order chi connectivity index (χ1) is 7.52. The van der Waals surface area contributed by atoms with E-state index < -0.39 is 0 Å². The van der Waals surface area contributed by atoms with Gasteiger partial charge in [0.2, 0.25) is 5.91 Å². The summed E-state index contributed by atoms with van der Waals surface area (Å²) in [6, 6.07) is -0.0292. The second kappa shape index (κ2) is 4.34. The molecule has 2 heterocycles. The Morgan fingerprint density at radius 1 is 1.44 bits per heavy atom. The van der Waals surface area contributed by atoms with Crippen LogP contribution in [-0.4, -0.2) is 42.8 Å². The molecule has 0 bridgehead atoms. The Morgan fingerprint density at radius 3 is 2.56 bits per heavy atom. The van der Waals surface area contributed by atoms with Crippen molar-refractivity contribution in [1.29, 1.82) is 0 Å². The van der Waals surface area contributed by atoms with E-state index in [1.54, 1.807) is 0 Å². The first kappa shape index (κ1) is 11.9. The Hall–Kier alpha value is -0.610. The van der Waals surface area contributed by atoms with Crippen LogP contribution in [0.15, 0.2) is 0 Å². The number of carbonyl (C=O) groups excluding carboxylic acids is 1. The van der Waals surface area contributed by atoms with Crippen LogP contribution in [0.25, 0.3) is 0 Å². The minimum atomic E-state index is -0.0292. The lowest BCUT2D eigenvalue weighted by atomic mass is 9.82. The Kier molecular flexibility index (Phi) is 3.22. The van der Waals surface area contributed by atoms with Gasteiger partial charge in [-0.2, -0.15) is 0 Å². The molecule has 0 aliphatic carbocycles. The molecule has 2 rings (SSSR count). The zero-order valence-electron chi connectivity index (χ0n) is 10.5. The van der Waals surface area contributed by atoms with Gasteiger partial charge in [-0.1, -0.05) is 6.92 Å². The van der Waals surface area contributed by atoms with E-state index in [1.165, 1.54) is 0 Å². The highest BCUT2D eigenvalue weighted by Gasteiger charge is 2.38. The van der Waals surface area contributed by atoms with Gasteiger partial charge in [0.05, 0.1) is 12.2 Å². The lowest BCUT2D eigenvalue weighted by Crippen LogP contribution is -2.44. The third-order valence-electron chi connectivity index (χ3n) is 3.86. The Bertz CT molecular complexity index is 274. The first-order valence-corrected chi connectivity index (χ1v) is 6.16. The van der Waals surface area contributed by atoms with Gasteiger partial charge in [0.1, 0.15) is 0 Å². The number of ether oxygens (including phenoxy) is 1. The van der Waals surface area contributed by atoms with E-state index in [-0.39, 0.29) is 23.5 Å². The molecule has 92 valence electrons. The Morgan fingerprint density at radius 2 is 2.06 bits per heavy atom. The number of carbonyl (C=O) groups is 1. The van der Waals surface area contributed by atoms with E-state index in [0.717, 1.165) is 32.6 Å². The lowest BCUT2D eigenvalue weighted by Gasteiger charge is -2.38. The molecule has 0 aromatic rings. The van der Waals surface area contributed by atoms with E-state index in [1.807, 2.05) is 11.8 Å². The molecule has 2 fully saturated rings. The van der Waals surface area contributed by atoms with Crippen LogP contribution in [0.1, 0.15) is 33.6 Å². The van der Waals surface area contributed by atoms with E-state index in [0.29, 0.717) is 0 Å².